The number of hydrogen-bond acceptors (Lipinski definition) is 2. The van der Waals surface area contributed by atoms with Crippen LogP contribution in [0.5, 0.6) is 0 Å². The van der Waals surface area contributed by atoms with Gasteiger partial charge in [-0.15, -0.1) is 13.2 Å². The normalized spacial score (nSPS) is 15.4. The van der Waals surface area contributed by atoms with Crippen molar-refractivity contribution in [2.24, 2.45) is 5.92 Å². The Hall–Kier alpha value is -2.16. The van der Waals surface area contributed by atoms with Crippen molar-refractivity contribution in [2.75, 3.05) is 0 Å². The van der Waals surface area contributed by atoms with Crippen molar-refractivity contribution in [2.45, 2.75) is 64.2 Å². The SMILES string of the molecule is C=CC(C=C)[C@@H](N[C@@H](C)c1ccccc1)[C@@H](CCCC)N[C@@H](C)c1ccccc1. The maximum atomic E-state index is 4.09. The summed E-state index contributed by atoms with van der Waals surface area (Å²) in [6.45, 7) is 14.9. The number of benzene rings is 2. The van der Waals surface area contributed by atoms with Crippen molar-refractivity contribution in [1.82, 2.24) is 10.6 Å². The molecule has 0 heterocycles. The Balaban J connectivity index is 2.25. The molecule has 29 heavy (non-hydrogen) atoms. The molecule has 2 heteroatoms. The van der Waals surface area contributed by atoms with E-state index in [-0.39, 0.29) is 24.0 Å². The summed E-state index contributed by atoms with van der Waals surface area (Å²) in [5.74, 6) is 0.193. The molecule has 0 fully saturated rings. The molecule has 0 aromatic heterocycles. The van der Waals surface area contributed by atoms with Crippen molar-refractivity contribution >= 4 is 0 Å². The number of unbranched alkanes of at least 4 members (excludes halogenated alkanes) is 1. The lowest BCUT2D eigenvalue weighted by molar-refractivity contribution is 0.278. The van der Waals surface area contributed by atoms with E-state index in [1.807, 2.05) is 12.2 Å². The van der Waals surface area contributed by atoms with Gasteiger partial charge < -0.3 is 10.6 Å². The molecule has 0 saturated heterocycles. The first-order valence-electron chi connectivity index (χ1n) is 11.0. The molecule has 0 aliphatic heterocycles. The molecule has 2 aromatic carbocycles. The van der Waals surface area contributed by atoms with Crippen LogP contribution in [0.2, 0.25) is 0 Å². The van der Waals surface area contributed by atoms with Gasteiger partial charge in [0.15, 0.2) is 0 Å². The van der Waals surface area contributed by atoms with Crippen LogP contribution in [0.3, 0.4) is 0 Å². The van der Waals surface area contributed by atoms with E-state index in [0.717, 1.165) is 6.42 Å². The third-order valence-electron chi connectivity index (χ3n) is 5.77. The molecular formula is C27H38N2. The van der Waals surface area contributed by atoms with Crippen LogP contribution in [0.15, 0.2) is 86.0 Å². The Bertz CT molecular complexity index is 702. The molecule has 0 unspecified atom stereocenters. The van der Waals surface area contributed by atoms with Crippen LogP contribution in [0, 0.1) is 5.92 Å². The quantitative estimate of drug-likeness (QED) is 0.376. The molecule has 2 N–H and O–H groups in total. The first-order chi connectivity index (χ1) is 14.1. The average molecular weight is 391 g/mol. The standard InChI is InChI=1S/C27H38N2/c1-6-9-20-26(28-21(4)24-16-12-10-13-17-24)27(23(7-2)8-3)29-22(5)25-18-14-11-15-19-25/h7-8,10-19,21-23,26-29H,2-3,6,9,20H2,1,4-5H3/t21-,22-,26+,27+/m0/s1. The molecular weight excluding hydrogens is 352 g/mol. The summed E-state index contributed by atoms with van der Waals surface area (Å²) in [6.07, 6.45) is 7.54. The first-order valence-corrected chi connectivity index (χ1v) is 11.0. The van der Waals surface area contributed by atoms with Crippen LogP contribution in [0.25, 0.3) is 0 Å². The summed E-state index contributed by atoms with van der Waals surface area (Å²) in [5, 5.41) is 7.81. The fraction of sp³-hybridized carbons (Fsp3) is 0.407. The molecule has 0 radical (unpaired) electrons. The topological polar surface area (TPSA) is 24.1 Å². The number of rotatable bonds is 13. The third-order valence-corrected chi connectivity index (χ3v) is 5.77. The van der Waals surface area contributed by atoms with Crippen LogP contribution >= 0.6 is 0 Å². The summed E-state index contributed by atoms with van der Waals surface area (Å²) in [4.78, 5) is 0. The Morgan fingerprint density at radius 1 is 0.793 bits per heavy atom. The van der Waals surface area contributed by atoms with Gasteiger partial charge in [0.25, 0.3) is 0 Å². The van der Waals surface area contributed by atoms with Crippen LogP contribution in [-0.4, -0.2) is 12.1 Å². The monoisotopic (exact) mass is 390 g/mol. The molecule has 2 aromatic rings. The Labute approximate surface area is 178 Å². The van der Waals surface area contributed by atoms with Crippen LogP contribution < -0.4 is 10.6 Å². The molecule has 0 bridgehead atoms. The van der Waals surface area contributed by atoms with E-state index in [1.54, 1.807) is 0 Å². The van der Waals surface area contributed by atoms with Crippen molar-refractivity contribution in [3.8, 4) is 0 Å². The molecule has 2 rings (SSSR count). The molecule has 156 valence electrons. The van der Waals surface area contributed by atoms with Gasteiger partial charge in [-0.3, -0.25) is 0 Å². The van der Waals surface area contributed by atoms with Gasteiger partial charge in [0.05, 0.1) is 0 Å². The maximum Gasteiger partial charge on any atom is 0.0324 e. The van der Waals surface area contributed by atoms with Gasteiger partial charge in [0.2, 0.25) is 0 Å². The predicted octanol–water partition coefficient (Wildman–Crippen LogP) is 6.60. The average Bonchev–Trinajstić information content (AvgIpc) is 2.77. The summed E-state index contributed by atoms with van der Waals surface area (Å²) >= 11 is 0. The second kappa shape index (κ2) is 12.4. The van der Waals surface area contributed by atoms with Crippen molar-refractivity contribution < 1.29 is 0 Å². The van der Waals surface area contributed by atoms with E-state index in [9.17, 15) is 0 Å². The first kappa shape index (κ1) is 23.1. The molecule has 2 nitrogen and oxygen atoms in total. The van der Waals surface area contributed by atoms with Crippen molar-refractivity contribution in [3.05, 3.63) is 97.1 Å². The van der Waals surface area contributed by atoms with Gasteiger partial charge >= 0.3 is 0 Å². The molecule has 0 aliphatic carbocycles. The van der Waals surface area contributed by atoms with Crippen molar-refractivity contribution in [3.63, 3.8) is 0 Å². The van der Waals surface area contributed by atoms with E-state index >= 15 is 0 Å². The highest BCUT2D eigenvalue weighted by Crippen LogP contribution is 2.23. The van der Waals surface area contributed by atoms with Crippen LogP contribution in [-0.2, 0) is 0 Å². The largest absolute Gasteiger partial charge is 0.306 e. The van der Waals surface area contributed by atoms with Gasteiger partial charge in [0, 0.05) is 30.1 Å². The van der Waals surface area contributed by atoms with Gasteiger partial charge in [0.1, 0.15) is 0 Å². The number of nitrogens with one attached hydrogen (secondary N) is 2. The lowest BCUT2D eigenvalue weighted by Gasteiger charge is -2.37. The van der Waals surface area contributed by atoms with E-state index in [1.165, 1.54) is 24.0 Å². The van der Waals surface area contributed by atoms with Gasteiger partial charge in [-0.1, -0.05) is 92.6 Å². The smallest absolute Gasteiger partial charge is 0.0324 e. The summed E-state index contributed by atoms with van der Waals surface area (Å²) in [5.41, 5.74) is 2.62. The minimum Gasteiger partial charge on any atom is -0.306 e. The summed E-state index contributed by atoms with van der Waals surface area (Å²) < 4.78 is 0. The summed E-state index contributed by atoms with van der Waals surface area (Å²) in [6, 6.07) is 22.4. The Morgan fingerprint density at radius 2 is 1.28 bits per heavy atom. The molecule has 4 atom stereocenters. The van der Waals surface area contributed by atoms with Gasteiger partial charge in [-0.05, 0) is 31.4 Å². The fourth-order valence-electron chi connectivity index (χ4n) is 3.96. The minimum absolute atomic E-state index is 0.193. The van der Waals surface area contributed by atoms with Gasteiger partial charge in [-0.2, -0.15) is 0 Å². The molecule has 0 saturated carbocycles. The molecule has 0 amide bonds. The lowest BCUT2D eigenvalue weighted by Crippen LogP contribution is -2.52. The van der Waals surface area contributed by atoms with E-state index < -0.39 is 0 Å². The van der Waals surface area contributed by atoms with Crippen LogP contribution in [0.4, 0.5) is 0 Å². The number of hydrogen-bond donors (Lipinski definition) is 2. The molecule has 0 spiro atoms. The minimum atomic E-state index is 0.193. The highest BCUT2D eigenvalue weighted by Gasteiger charge is 2.28. The fourth-order valence-corrected chi connectivity index (χ4v) is 3.96. The zero-order valence-electron chi connectivity index (χ0n) is 18.4. The van der Waals surface area contributed by atoms with E-state index in [4.69, 9.17) is 0 Å². The predicted molar refractivity (Wildman–Crippen MR) is 127 cm³/mol. The third kappa shape index (κ3) is 6.99. The lowest BCUT2D eigenvalue weighted by atomic mass is 9.88. The Kier molecular flexibility index (Phi) is 9.90. The zero-order chi connectivity index (χ0) is 21.1. The van der Waals surface area contributed by atoms with Crippen LogP contribution in [0.1, 0.15) is 63.2 Å². The van der Waals surface area contributed by atoms with E-state index in [2.05, 4.69) is 105 Å². The second-order valence-electron chi connectivity index (χ2n) is 7.92. The highest BCUT2D eigenvalue weighted by atomic mass is 15.1. The Morgan fingerprint density at radius 3 is 1.72 bits per heavy atom. The summed E-state index contributed by atoms with van der Waals surface area (Å²) in [7, 11) is 0. The van der Waals surface area contributed by atoms with Crippen molar-refractivity contribution in [1.29, 1.82) is 0 Å². The zero-order valence-corrected chi connectivity index (χ0v) is 18.4. The van der Waals surface area contributed by atoms with E-state index in [0.29, 0.717) is 6.04 Å². The maximum absolute atomic E-state index is 4.09. The highest BCUT2D eigenvalue weighted by molar-refractivity contribution is 5.20. The van der Waals surface area contributed by atoms with Gasteiger partial charge in [-0.25, -0.2) is 0 Å². The molecule has 0 aliphatic rings. The second-order valence-corrected chi connectivity index (χ2v) is 7.92.